The summed E-state index contributed by atoms with van der Waals surface area (Å²) in [6, 6.07) is 0.709. The summed E-state index contributed by atoms with van der Waals surface area (Å²) in [6.45, 7) is 5.11. The molecule has 1 rings (SSSR count). The van der Waals surface area contributed by atoms with Crippen molar-refractivity contribution in [3.05, 3.63) is 0 Å². The molecule has 108 valence electrons. The average molecular weight is 256 g/mol. The molecule has 0 aliphatic heterocycles. The first-order valence-electron chi connectivity index (χ1n) is 7.64. The molecule has 0 saturated heterocycles. The highest BCUT2D eigenvalue weighted by Gasteiger charge is 2.28. The van der Waals surface area contributed by atoms with Crippen LogP contribution >= 0.6 is 0 Å². The van der Waals surface area contributed by atoms with Gasteiger partial charge in [-0.25, -0.2) is 0 Å². The molecule has 1 aliphatic rings. The molecule has 18 heavy (non-hydrogen) atoms. The number of rotatable bonds is 8. The van der Waals surface area contributed by atoms with Crippen LogP contribution < -0.4 is 5.32 Å². The van der Waals surface area contributed by atoms with Gasteiger partial charge in [-0.1, -0.05) is 6.92 Å². The molecule has 0 aromatic rings. The highest BCUT2D eigenvalue weighted by Crippen LogP contribution is 2.29. The molecule has 1 saturated carbocycles. The van der Waals surface area contributed by atoms with Gasteiger partial charge in [0.25, 0.3) is 0 Å². The maximum atomic E-state index is 8.77. The van der Waals surface area contributed by atoms with Crippen molar-refractivity contribution in [1.82, 2.24) is 10.2 Å². The SMILES string of the molecule is CNC1CCC(C)CC1CN(C)CCCCCO. The van der Waals surface area contributed by atoms with E-state index in [4.69, 9.17) is 5.11 Å². The van der Waals surface area contributed by atoms with Crippen LogP contribution in [0.25, 0.3) is 0 Å². The van der Waals surface area contributed by atoms with E-state index in [0.717, 1.165) is 24.7 Å². The Morgan fingerprint density at radius 1 is 1.22 bits per heavy atom. The van der Waals surface area contributed by atoms with E-state index in [9.17, 15) is 0 Å². The van der Waals surface area contributed by atoms with Crippen LogP contribution in [0.15, 0.2) is 0 Å². The summed E-state index contributed by atoms with van der Waals surface area (Å²) in [5.74, 6) is 1.70. The second-order valence-corrected chi connectivity index (χ2v) is 6.12. The van der Waals surface area contributed by atoms with E-state index >= 15 is 0 Å². The van der Waals surface area contributed by atoms with E-state index in [-0.39, 0.29) is 0 Å². The van der Waals surface area contributed by atoms with Crippen molar-refractivity contribution < 1.29 is 5.11 Å². The number of unbranched alkanes of at least 4 members (excludes halogenated alkanes) is 2. The first kappa shape index (κ1) is 15.9. The third-order valence-electron chi connectivity index (χ3n) is 4.36. The first-order valence-corrected chi connectivity index (χ1v) is 7.64. The second kappa shape index (κ2) is 8.89. The molecule has 3 atom stereocenters. The van der Waals surface area contributed by atoms with Gasteiger partial charge in [0.05, 0.1) is 0 Å². The molecule has 0 radical (unpaired) electrons. The molecule has 3 heteroatoms. The summed E-state index contributed by atoms with van der Waals surface area (Å²) in [5.41, 5.74) is 0. The van der Waals surface area contributed by atoms with Crippen molar-refractivity contribution in [3.63, 3.8) is 0 Å². The van der Waals surface area contributed by atoms with Gasteiger partial charge in [0.1, 0.15) is 0 Å². The lowest BCUT2D eigenvalue weighted by molar-refractivity contribution is 0.163. The number of hydrogen-bond donors (Lipinski definition) is 2. The first-order chi connectivity index (χ1) is 8.67. The van der Waals surface area contributed by atoms with Crippen LogP contribution in [-0.2, 0) is 0 Å². The third-order valence-corrected chi connectivity index (χ3v) is 4.36. The molecule has 0 spiro atoms. The van der Waals surface area contributed by atoms with Crippen molar-refractivity contribution in [3.8, 4) is 0 Å². The zero-order chi connectivity index (χ0) is 13.4. The Hall–Kier alpha value is -0.120. The van der Waals surface area contributed by atoms with Gasteiger partial charge in [-0.3, -0.25) is 0 Å². The van der Waals surface area contributed by atoms with Gasteiger partial charge in [-0.2, -0.15) is 0 Å². The lowest BCUT2D eigenvalue weighted by atomic mass is 9.78. The van der Waals surface area contributed by atoms with Gasteiger partial charge in [-0.05, 0) is 71.0 Å². The number of nitrogens with zero attached hydrogens (tertiary/aromatic N) is 1. The summed E-state index contributed by atoms with van der Waals surface area (Å²) in [6.07, 6.45) is 7.39. The van der Waals surface area contributed by atoms with E-state index in [1.165, 1.54) is 38.8 Å². The summed E-state index contributed by atoms with van der Waals surface area (Å²) in [5, 5.41) is 12.3. The van der Waals surface area contributed by atoms with E-state index in [1.54, 1.807) is 0 Å². The minimum Gasteiger partial charge on any atom is -0.396 e. The molecule has 3 unspecified atom stereocenters. The Morgan fingerprint density at radius 3 is 2.67 bits per heavy atom. The molecule has 0 heterocycles. The standard InChI is InChI=1S/C15H32N2O/c1-13-7-8-15(16-2)14(11-13)12-17(3)9-5-4-6-10-18/h13-16,18H,4-12H2,1-3H3. The summed E-state index contributed by atoms with van der Waals surface area (Å²) >= 11 is 0. The minimum atomic E-state index is 0.339. The van der Waals surface area contributed by atoms with Gasteiger partial charge in [0, 0.05) is 19.2 Å². The molecule has 0 amide bonds. The summed E-state index contributed by atoms with van der Waals surface area (Å²) in [4.78, 5) is 2.48. The van der Waals surface area contributed by atoms with Crippen LogP contribution in [-0.4, -0.2) is 49.8 Å². The van der Waals surface area contributed by atoms with Gasteiger partial charge in [-0.15, -0.1) is 0 Å². The highest BCUT2D eigenvalue weighted by atomic mass is 16.2. The van der Waals surface area contributed by atoms with Crippen LogP contribution in [0.1, 0.15) is 45.4 Å². The second-order valence-electron chi connectivity index (χ2n) is 6.12. The zero-order valence-electron chi connectivity index (χ0n) is 12.5. The van der Waals surface area contributed by atoms with Crippen molar-refractivity contribution in [1.29, 1.82) is 0 Å². The molecular formula is C15H32N2O. The fourth-order valence-corrected chi connectivity index (χ4v) is 3.24. The molecule has 2 N–H and O–H groups in total. The predicted molar refractivity (Wildman–Crippen MR) is 77.8 cm³/mol. The molecule has 0 bridgehead atoms. The van der Waals surface area contributed by atoms with Crippen molar-refractivity contribution >= 4 is 0 Å². The Balaban J connectivity index is 2.25. The lowest BCUT2D eigenvalue weighted by Crippen LogP contribution is -2.43. The quantitative estimate of drug-likeness (QED) is 0.653. The molecule has 3 nitrogen and oxygen atoms in total. The van der Waals surface area contributed by atoms with Crippen molar-refractivity contribution in [2.24, 2.45) is 11.8 Å². The zero-order valence-corrected chi connectivity index (χ0v) is 12.5. The number of hydrogen-bond acceptors (Lipinski definition) is 3. The predicted octanol–water partition coefficient (Wildman–Crippen LogP) is 2.10. The fourth-order valence-electron chi connectivity index (χ4n) is 3.24. The van der Waals surface area contributed by atoms with Crippen molar-refractivity contribution in [2.75, 3.05) is 33.8 Å². The number of aliphatic hydroxyl groups is 1. The topological polar surface area (TPSA) is 35.5 Å². The number of aliphatic hydroxyl groups excluding tert-OH is 1. The maximum absolute atomic E-state index is 8.77. The van der Waals surface area contributed by atoms with Crippen LogP contribution in [0.2, 0.25) is 0 Å². The van der Waals surface area contributed by atoms with E-state index in [0.29, 0.717) is 12.6 Å². The van der Waals surface area contributed by atoms with Gasteiger partial charge < -0.3 is 15.3 Å². The number of nitrogens with one attached hydrogen (secondary N) is 1. The molecule has 0 aromatic heterocycles. The van der Waals surface area contributed by atoms with Crippen LogP contribution in [0.5, 0.6) is 0 Å². The summed E-state index contributed by atoms with van der Waals surface area (Å²) in [7, 11) is 4.35. The highest BCUT2D eigenvalue weighted by molar-refractivity contribution is 4.84. The smallest absolute Gasteiger partial charge is 0.0431 e. The maximum Gasteiger partial charge on any atom is 0.0431 e. The Kier molecular flexibility index (Phi) is 7.87. The van der Waals surface area contributed by atoms with Crippen LogP contribution in [0.4, 0.5) is 0 Å². The van der Waals surface area contributed by atoms with Crippen LogP contribution in [0, 0.1) is 11.8 Å². The summed E-state index contributed by atoms with van der Waals surface area (Å²) < 4.78 is 0. The van der Waals surface area contributed by atoms with Gasteiger partial charge in [0.15, 0.2) is 0 Å². The van der Waals surface area contributed by atoms with E-state index in [1.807, 2.05) is 0 Å². The van der Waals surface area contributed by atoms with E-state index < -0.39 is 0 Å². The largest absolute Gasteiger partial charge is 0.396 e. The Morgan fingerprint density at radius 2 is 2.00 bits per heavy atom. The minimum absolute atomic E-state index is 0.339. The third kappa shape index (κ3) is 5.68. The molecular weight excluding hydrogens is 224 g/mol. The molecule has 1 aliphatic carbocycles. The fraction of sp³-hybridized carbons (Fsp3) is 1.00. The Labute approximate surface area is 113 Å². The average Bonchev–Trinajstić information content (AvgIpc) is 2.35. The molecule has 1 fully saturated rings. The van der Waals surface area contributed by atoms with Crippen LogP contribution in [0.3, 0.4) is 0 Å². The monoisotopic (exact) mass is 256 g/mol. The van der Waals surface area contributed by atoms with Crippen molar-refractivity contribution in [2.45, 2.75) is 51.5 Å². The lowest BCUT2D eigenvalue weighted by Gasteiger charge is -2.37. The molecule has 0 aromatic carbocycles. The Bertz CT molecular complexity index is 211. The van der Waals surface area contributed by atoms with E-state index in [2.05, 4.69) is 31.2 Å². The van der Waals surface area contributed by atoms with Gasteiger partial charge in [0.2, 0.25) is 0 Å². The van der Waals surface area contributed by atoms with Gasteiger partial charge >= 0.3 is 0 Å². The normalized spacial score (nSPS) is 28.8.